The van der Waals surface area contributed by atoms with Crippen LogP contribution in [0, 0.1) is 6.92 Å². The second-order valence-corrected chi connectivity index (χ2v) is 7.07. The molecule has 1 aromatic carbocycles. The largest absolute Gasteiger partial charge is 0.497 e. The molecule has 0 spiro atoms. The fraction of sp³-hybridized carbons (Fsp3) is 0.176. The molecule has 7 nitrogen and oxygen atoms in total. The zero-order valence-corrected chi connectivity index (χ0v) is 16.7. The lowest BCUT2D eigenvalue weighted by Crippen LogP contribution is -2.15. The van der Waals surface area contributed by atoms with Gasteiger partial charge in [-0.1, -0.05) is 35.0 Å². The van der Waals surface area contributed by atoms with E-state index in [9.17, 15) is 4.79 Å². The number of carbonyl (C=O) groups is 1. The number of nitrogens with one attached hydrogen (secondary N) is 1. The van der Waals surface area contributed by atoms with Crippen LogP contribution in [0.4, 0.5) is 5.82 Å². The van der Waals surface area contributed by atoms with E-state index in [2.05, 4.69) is 20.5 Å². The van der Waals surface area contributed by atoms with Crippen LogP contribution in [-0.2, 0) is 4.79 Å². The van der Waals surface area contributed by atoms with Gasteiger partial charge in [-0.05, 0) is 37.3 Å². The Morgan fingerprint density at radius 1 is 1.22 bits per heavy atom. The van der Waals surface area contributed by atoms with E-state index in [0.29, 0.717) is 16.6 Å². The van der Waals surface area contributed by atoms with Crippen molar-refractivity contribution in [2.45, 2.75) is 12.1 Å². The summed E-state index contributed by atoms with van der Waals surface area (Å²) in [6.07, 6.45) is 0. The van der Waals surface area contributed by atoms with Crippen molar-refractivity contribution in [3.8, 4) is 17.2 Å². The summed E-state index contributed by atoms with van der Waals surface area (Å²) in [6.45, 7) is 1.72. The molecular formula is C17H14Cl2N4O3S. The highest BCUT2D eigenvalue weighted by Gasteiger charge is 2.14. The predicted molar refractivity (Wildman–Crippen MR) is 105 cm³/mol. The summed E-state index contributed by atoms with van der Waals surface area (Å²) in [4.78, 5) is 16.3. The van der Waals surface area contributed by atoms with E-state index in [1.54, 1.807) is 26.2 Å². The normalized spacial score (nSPS) is 10.7. The molecule has 0 atom stereocenters. The molecule has 1 N–H and O–H groups in total. The lowest BCUT2D eigenvalue weighted by atomic mass is 10.2. The molecule has 2 heterocycles. The molecule has 0 fully saturated rings. The molecular weight excluding hydrogens is 411 g/mol. The van der Waals surface area contributed by atoms with Gasteiger partial charge >= 0.3 is 0 Å². The standard InChI is InChI=1S/C17H14Cl2N4O3S/c1-9-12(18)7-13(19)15(20-9)21-14(24)8-27-17-23-22-16(26-17)10-3-5-11(25-2)6-4-10/h3-7H,8H2,1-2H3,(H,20,21,24). The Hall–Kier alpha value is -2.29. The van der Waals surface area contributed by atoms with Gasteiger partial charge < -0.3 is 14.5 Å². The SMILES string of the molecule is COc1ccc(-c2nnc(SCC(=O)Nc3nc(C)c(Cl)cc3Cl)o2)cc1. The molecule has 3 aromatic rings. The van der Waals surface area contributed by atoms with E-state index in [1.165, 1.54) is 6.07 Å². The highest BCUT2D eigenvalue weighted by atomic mass is 35.5. The van der Waals surface area contributed by atoms with Gasteiger partial charge in [0.05, 0.1) is 28.6 Å². The summed E-state index contributed by atoms with van der Waals surface area (Å²) >= 11 is 13.1. The van der Waals surface area contributed by atoms with Crippen LogP contribution < -0.4 is 10.1 Å². The van der Waals surface area contributed by atoms with Gasteiger partial charge in [-0.3, -0.25) is 4.79 Å². The lowest BCUT2D eigenvalue weighted by Gasteiger charge is -2.07. The first-order chi connectivity index (χ1) is 13.0. The number of amides is 1. The van der Waals surface area contributed by atoms with Crippen molar-refractivity contribution >= 4 is 46.7 Å². The molecule has 0 saturated carbocycles. The van der Waals surface area contributed by atoms with E-state index < -0.39 is 0 Å². The monoisotopic (exact) mass is 424 g/mol. The minimum atomic E-state index is -0.305. The number of pyridine rings is 1. The Morgan fingerprint density at radius 3 is 2.67 bits per heavy atom. The van der Waals surface area contributed by atoms with Crippen LogP contribution >= 0.6 is 35.0 Å². The zero-order chi connectivity index (χ0) is 19.4. The number of rotatable bonds is 6. The van der Waals surface area contributed by atoms with Crippen molar-refractivity contribution in [3.63, 3.8) is 0 Å². The van der Waals surface area contributed by atoms with Crippen molar-refractivity contribution in [1.82, 2.24) is 15.2 Å². The molecule has 0 saturated heterocycles. The van der Waals surface area contributed by atoms with Gasteiger partial charge in [0.15, 0.2) is 5.82 Å². The van der Waals surface area contributed by atoms with Crippen molar-refractivity contribution < 1.29 is 13.9 Å². The van der Waals surface area contributed by atoms with Gasteiger partial charge in [-0.2, -0.15) is 0 Å². The van der Waals surface area contributed by atoms with Crippen LogP contribution in [0.1, 0.15) is 5.69 Å². The average Bonchev–Trinajstić information content (AvgIpc) is 3.13. The van der Waals surface area contributed by atoms with Crippen LogP contribution in [-0.4, -0.2) is 34.0 Å². The minimum absolute atomic E-state index is 0.0595. The molecule has 0 unspecified atom stereocenters. The van der Waals surface area contributed by atoms with Gasteiger partial charge in [0.2, 0.25) is 11.8 Å². The number of anilines is 1. The highest BCUT2D eigenvalue weighted by molar-refractivity contribution is 7.99. The van der Waals surface area contributed by atoms with E-state index in [-0.39, 0.29) is 27.7 Å². The van der Waals surface area contributed by atoms with Gasteiger partial charge in [0, 0.05) is 5.56 Å². The summed E-state index contributed by atoms with van der Waals surface area (Å²) in [5, 5.41) is 11.5. The fourth-order valence-corrected chi connectivity index (χ4v) is 3.03. The molecule has 0 aliphatic heterocycles. The number of nitrogens with zero attached hydrogens (tertiary/aromatic N) is 3. The maximum absolute atomic E-state index is 12.1. The maximum Gasteiger partial charge on any atom is 0.277 e. The van der Waals surface area contributed by atoms with Gasteiger partial charge in [-0.15, -0.1) is 10.2 Å². The van der Waals surface area contributed by atoms with Gasteiger partial charge in [-0.25, -0.2) is 4.98 Å². The number of halogens is 2. The summed E-state index contributed by atoms with van der Waals surface area (Å²) in [5.41, 5.74) is 1.33. The minimum Gasteiger partial charge on any atom is -0.497 e. The second-order valence-electron chi connectivity index (χ2n) is 5.32. The van der Waals surface area contributed by atoms with E-state index in [4.69, 9.17) is 32.4 Å². The van der Waals surface area contributed by atoms with Crippen molar-refractivity contribution in [2.75, 3.05) is 18.2 Å². The van der Waals surface area contributed by atoms with E-state index >= 15 is 0 Å². The van der Waals surface area contributed by atoms with Gasteiger partial charge in [0.1, 0.15) is 5.75 Å². The maximum atomic E-state index is 12.1. The molecule has 3 rings (SSSR count). The number of ether oxygens (including phenoxy) is 1. The number of aromatic nitrogens is 3. The number of methoxy groups -OCH3 is 1. The molecule has 0 bridgehead atoms. The average molecular weight is 425 g/mol. The molecule has 2 aromatic heterocycles. The Labute approximate surface area is 169 Å². The summed E-state index contributed by atoms with van der Waals surface area (Å²) < 4.78 is 10.7. The summed E-state index contributed by atoms with van der Waals surface area (Å²) in [6, 6.07) is 8.75. The van der Waals surface area contributed by atoms with Crippen molar-refractivity contribution in [1.29, 1.82) is 0 Å². The number of hydrogen-bond acceptors (Lipinski definition) is 7. The smallest absolute Gasteiger partial charge is 0.277 e. The van der Waals surface area contributed by atoms with E-state index in [0.717, 1.165) is 23.1 Å². The van der Waals surface area contributed by atoms with Gasteiger partial charge in [0.25, 0.3) is 5.22 Å². The summed E-state index contributed by atoms with van der Waals surface area (Å²) in [7, 11) is 1.59. The van der Waals surface area contributed by atoms with Crippen LogP contribution in [0.3, 0.4) is 0 Å². The number of thioether (sulfide) groups is 1. The number of benzene rings is 1. The Morgan fingerprint density at radius 2 is 1.96 bits per heavy atom. The molecule has 27 heavy (non-hydrogen) atoms. The van der Waals surface area contributed by atoms with Crippen LogP contribution in [0.15, 0.2) is 40.0 Å². The topological polar surface area (TPSA) is 90.1 Å². The molecule has 1 amide bonds. The first-order valence-corrected chi connectivity index (χ1v) is 9.43. The lowest BCUT2D eigenvalue weighted by molar-refractivity contribution is -0.113. The first-order valence-electron chi connectivity index (χ1n) is 7.69. The Balaban J connectivity index is 1.59. The third-order valence-corrected chi connectivity index (χ3v) is 4.92. The highest BCUT2D eigenvalue weighted by Crippen LogP contribution is 2.27. The fourth-order valence-electron chi connectivity index (χ4n) is 2.06. The molecule has 0 radical (unpaired) electrons. The van der Waals surface area contributed by atoms with Crippen molar-refractivity contribution in [2.24, 2.45) is 0 Å². The van der Waals surface area contributed by atoms with Crippen LogP contribution in [0.2, 0.25) is 10.0 Å². The molecule has 0 aliphatic rings. The predicted octanol–water partition coefficient (Wildman–Crippen LogP) is 4.49. The first kappa shape index (κ1) is 19.5. The number of carbonyl (C=O) groups excluding carboxylic acids is 1. The number of aryl methyl sites for hydroxylation is 1. The Kier molecular flexibility index (Phi) is 6.20. The second kappa shape index (κ2) is 8.60. The van der Waals surface area contributed by atoms with Crippen LogP contribution in [0.25, 0.3) is 11.5 Å². The zero-order valence-electron chi connectivity index (χ0n) is 14.3. The third kappa shape index (κ3) is 4.91. The molecule has 140 valence electrons. The molecule has 10 heteroatoms. The molecule has 0 aliphatic carbocycles. The Bertz CT molecular complexity index is 963. The summed E-state index contributed by atoms with van der Waals surface area (Å²) in [5.74, 6) is 1.10. The van der Waals surface area contributed by atoms with Crippen LogP contribution in [0.5, 0.6) is 5.75 Å². The van der Waals surface area contributed by atoms with E-state index in [1.807, 2.05) is 12.1 Å². The quantitative estimate of drug-likeness (QED) is 0.582. The van der Waals surface area contributed by atoms with Crippen molar-refractivity contribution in [3.05, 3.63) is 46.1 Å². The number of hydrogen-bond donors (Lipinski definition) is 1. The third-order valence-electron chi connectivity index (χ3n) is 3.43.